The molecule has 1 heterocycles. The summed E-state index contributed by atoms with van der Waals surface area (Å²) in [4.78, 5) is 11.0. The lowest BCUT2D eigenvalue weighted by Gasteiger charge is -2.07. The molecule has 0 atom stereocenters. The largest absolute Gasteiger partial charge is 0.298 e. The van der Waals surface area contributed by atoms with E-state index in [1.54, 1.807) is 36.4 Å². The molecule has 3 rings (SSSR count). The number of carbonyl (C=O) groups excluding carboxylic acids is 1. The summed E-state index contributed by atoms with van der Waals surface area (Å²) in [5, 5.41) is 0.814. The average Bonchev–Trinajstić information content (AvgIpc) is 2.85. The van der Waals surface area contributed by atoms with Gasteiger partial charge in [0.15, 0.2) is 0 Å². The summed E-state index contributed by atoms with van der Waals surface area (Å²) in [6.45, 7) is 0. The van der Waals surface area contributed by atoms with Crippen LogP contribution in [-0.2, 0) is 10.0 Å². The van der Waals surface area contributed by atoms with Crippen molar-refractivity contribution < 1.29 is 13.2 Å². The maximum Gasteiger partial charge on any atom is 0.268 e. The van der Waals surface area contributed by atoms with Crippen molar-refractivity contribution in [3.63, 3.8) is 0 Å². The Morgan fingerprint density at radius 3 is 2.43 bits per heavy atom. The average molecular weight is 320 g/mol. The van der Waals surface area contributed by atoms with Crippen LogP contribution >= 0.6 is 11.6 Å². The maximum atomic E-state index is 12.7. The predicted octanol–water partition coefficient (Wildman–Crippen LogP) is 3.34. The van der Waals surface area contributed by atoms with Gasteiger partial charge in [0, 0.05) is 17.1 Å². The van der Waals surface area contributed by atoms with Gasteiger partial charge in [0.25, 0.3) is 10.0 Å². The summed E-state index contributed by atoms with van der Waals surface area (Å²) in [5.41, 5.74) is 0.883. The molecule has 0 N–H and O–H groups in total. The highest BCUT2D eigenvalue weighted by Gasteiger charge is 2.20. The van der Waals surface area contributed by atoms with E-state index in [9.17, 15) is 13.2 Å². The van der Waals surface area contributed by atoms with Gasteiger partial charge in [-0.2, -0.15) is 0 Å². The molecule has 0 unspecified atom stereocenters. The molecule has 4 nitrogen and oxygen atoms in total. The van der Waals surface area contributed by atoms with Gasteiger partial charge in [-0.05, 0) is 30.3 Å². The first kappa shape index (κ1) is 13.9. The van der Waals surface area contributed by atoms with E-state index in [0.717, 1.165) is 3.97 Å². The number of rotatable bonds is 3. The minimum absolute atomic E-state index is 0.179. The fraction of sp³-hybridized carbons (Fsp3) is 0. The van der Waals surface area contributed by atoms with Gasteiger partial charge in [-0.3, -0.25) is 4.79 Å². The Labute approximate surface area is 126 Å². The van der Waals surface area contributed by atoms with Crippen molar-refractivity contribution in [2.24, 2.45) is 0 Å². The monoisotopic (exact) mass is 319 g/mol. The number of nitrogens with zero attached hydrogens (tertiary/aromatic N) is 1. The second-order valence-corrected chi connectivity index (χ2v) is 6.71. The highest BCUT2D eigenvalue weighted by molar-refractivity contribution is 7.90. The van der Waals surface area contributed by atoms with Crippen LogP contribution in [0.3, 0.4) is 0 Å². The zero-order valence-electron chi connectivity index (χ0n) is 10.7. The molecule has 0 saturated heterocycles. The quantitative estimate of drug-likeness (QED) is 0.696. The molecular weight excluding hydrogens is 310 g/mol. The third-order valence-corrected chi connectivity index (χ3v) is 5.17. The molecule has 0 aliphatic rings. The molecule has 0 aliphatic carbocycles. The van der Waals surface area contributed by atoms with E-state index in [1.165, 1.54) is 18.3 Å². The number of fused-ring (bicyclic) bond motifs is 1. The second kappa shape index (κ2) is 5.02. The Morgan fingerprint density at radius 2 is 1.76 bits per heavy atom. The first-order valence-corrected chi connectivity index (χ1v) is 7.92. The summed E-state index contributed by atoms with van der Waals surface area (Å²) < 4.78 is 26.4. The molecule has 0 saturated carbocycles. The molecule has 0 bridgehead atoms. The van der Waals surface area contributed by atoms with E-state index in [-0.39, 0.29) is 9.92 Å². The number of aldehydes is 1. The fourth-order valence-corrected chi connectivity index (χ4v) is 3.85. The molecule has 2 aromatic carbocycles. The Bertz CT molecular complexity index is 930. The van der Waals surface area contributed by atoms with Gasteiger partial charge in [-0.25, -0.2) is 12.4 Å². The van der Waals surface area contributed by atoms with E-state index >= 15 is 0 Å². The number of carbonyl (C=O) groups is 1. The molecule has 1 aromatic heterocycles. The standard InChI is InChI=1S/C15H10ClNO3S/c16-14-9-17(15-7-6-11(10-18)8-13(14)15)21(19,20)12-4-2-1-3-5-12/h1-10H. The van der Waals surface area contributed by atoms with Gasteiger partial charge in [-0.1, -0.05) is 29.8 Å². The van der Waals surface area contributed by atoms with Crippen molar-refractivity contribution >= 4 is 38.8 Å². The SMILES string of the molecule is O=Cc1ccc2c(c1)c(Cl)cn2S(=O)(=O)c1ccccc1. The number of aromatic nitrogens is 1. The third-order valence-electron chi connectivity index (χ3n) is 3.18. The van der Waals surface area contributed by atoms with Crippen LogP contribution in [0.5, 0.6) is 0 Å². The van der Waals surface area contributed by atoms with E-state index in [2.05, 4.69) is 0 Å². The van der Waals surface area contributed by atoms with E-state index in [4.69, 9.17) is 11.6 Å². The molecule has 21 heavy (non-hydrogen) atoms. The van der Waals surface area contributed by atoms with Crippen LogP contribution in [0.1, 0.15) is 10.4 Å². The van der Waals surface area contributed by atoms with Crippen LogP contribution in [-0.4, -0.2) is 18.7 Å². The van der Waals surface area contributed by atoms with Gasteiger partial charge in [0.1, 0.15) is 6.29 Å². The topological polar surface area (TPSA) is 56.1 Å². The van der Waals surface area contributed by atoms with Crippen molar-refractivity contribution in [1.29, 1.82) is 0 Å². The van der Waals surface area contributed by atoms with Crippen LogP contribution in [0.4, 0.5) is 0 Å². The van der Waals surface area contributed by atoms with E-state index in [0.29, 0.717) is 22.8 Å². The van der Waals surface area contributed by atoms with Crippen molar-refractivity contribution in [2.45, 2.75) is 4.90 Å². The van der Waals surface area contributed by atoms with E-state index < -0.39 is 10.0 Å². The van der Waals surface area contributed by atoms with Gasteiger partial charge in [0.05, 0.1) is 15.4 Å². The van der Waals surface area contributed by atoms with Gasteiger partial charge in [-0.15, -0.1) is 0 Å². The van der Waals surface area contributed by atoms with E-state index in [1.807, 2.05) is 0 Å². The normalized spacial score (nSPS) is 11.7. The van der Waals surface area contributed by atoms with Crippen molar-refractivity contribution in [3.8, 4) is 0 Å². The summed E-state index contributed by atoms with van der Waals surface area (Å²) in [7, 11) is -3.72. The zero-order valence-corrected chi connectivity index (χ0v) is 12.3. The molecule has 0 fully saturated rings. The molecule has 3 aromatic rings. The molecule has 6 heteroatoms. The first-order chi connectivity index (χ1) is 10.0. The van der Waals surface area contributed by atoms with Crippen molar-refractivity contribution in [2.75, 3.05) is 0 Å². The van der Waals surface area contributed by atoms with Gasteiger partial charge < -0.3 is 0 Å². The summed E-state index contributed by atoms with van der Waals surface area (Å²) >= 11 is 6.10. The van der Waals surface area contributed by atoms with Gasteiger partial charge in [0.2, 0.25) is 0 Å². The highest BCUT2D eigenvalue weighted by Crippen LogP contribution is 2.29. The molecular formula is C15H10ClNO3S. The van der Waals surface area contributed by atoms with Crippen LogP contribution in [0.2, 0.25) is 5.02 Å². The van der Waals surface area contributed by atoms with Crippen LogP contribution in [0.15, 0.2) is 59.6 Å². The smallest absolute Gasteiger partial charge is 0.268 e. The number of halogens is 1. The summed E-state index contributed by atoms with van der Waals surface area (Å²) in [5.74, 6) is 0. The number of hydrogen-bond acceptors (Lipinski definition) is 3. The molecule has 0 amide bonds. The Kier molecular flexibility index (Phi) is 3.31. The Morgan fingerprint density at radius 1 is 1.05 bits per heavy atom. The third kappa shape index (κ3) is 2.24. The van der Waals surface area contributed by atoms with Crippen LogP contribution in [0, 0.1) is 0 Å². The molecule has 0 spiro atoms. The number of benzene rings is 2. The first-order valence-electron chi connectivity index (χ1n) is 6.10. The van der Waals surface area contributed by atoms with Crippen LogP contribution in [0.25, 0.3) is 10.9 Å². The summed E-state index contributed by atoms with van der Waals surface area (Å²) in [6.07, 6.45) is 2.04. The maximum absolute atomic E-state index is 12.7. The lowest BCUT2D eigenvalue weighted by atomic mass is 10.2. The predicted molar refractivity (Wildman–Crippen MR) is 81.4 cm³/mol. The Balaban J connectivity index is 2.29. The van der Waals surface area contributed by atoms with Crippen molar-refractivity contribution in [3.05, 3.63) is 65.3 Å². The minimum atomic E-state index is -3.72. The highest BCUT2D eigenvalue weighted by atomic mass is 35.5. The molecule has 0 radical (unpaired) electrons. The molecule has 106 valence electrons. The fourth-order valence-electron chi connectivity index (χ4n) is 2.16. The van der Waals surface area contributed by atoms with Gasteiger partial charge >= 0.3 is 0 Å². The van der Waals surface area contributed by atoms with Crippen molar-refractivity contribution in [1.82, 2.24) is 3.97 Å². The Hall–Kier alpha value is -2.11. The minimum Gasteiger partial charge on any atom is -0.298 e. The molecule has 0 aliphatic heterocycles. The lowest BCUT2D eigenvalue weighted by Crippen LogP contribution is -2.11. The second-order valence-electron chi connectivity index (χ2n) is 4.49. The van der Waals surface area contributed by atoms with Crippen LogP contribution < -0.4 is 0 Å². The number of hydrogen-bond donors (Lipinski definition) is 0. The lowest BCUT2D eigenvalue weighted by molar-refractivity contribution is 0.112. The summed E-state index contributed by atoms with van der Waals surface area (Å²) in [6, 6.07) is 12.8. The zero-order chi connectivity index (χ0) is 15.0.